The molecule has 0 aromatic heterocycles. The van der Waals surface area contributed by atoms with Crippen LogP contribution in [0.4, 0.5) is 0 Å². The molecule has 0 unspecified atom stereocenters. The highest BCUT2D eigenvalue weighted by atomic mass is 16.1. The smallest absolute Gasteiger partial charge is 0.252 e. The number of nitrogens with one attached hydrogen (secondary N) is 2. The lowest BCUT2D eigenvalue weighted by Crippen LogP contribution is -2.41. The van der Waals surface area contributed by atoms with E-state index in [2.05, 4.69) is 29.7 Å². The number of hydrogen-bond acceptors (Lipinski definition) is 2. The molecule has 0 radical (unpaired) electrons. The van der Waals surface area contributed by atoms with Crippen molar-refractivity contribution >= 4 is 5.91 Å². The van der Waals surface area contributed by atoms with Crippen LogP contribution in [0.1, 0.15) is 55.5 Å². The Bertz CT molecular complexity index is 373. The number of benzene rings is 1. The van der Waals surface area contributed by atoms with Crippen LogP contribution in [0, 0.1) is 0 Å². The van der Waals surface area contributed by atoms with Crippen LogP contribution in [-0.4, -0.2) is 19.1 Å². The number of carbonyl (C=O) groups is 1. The van der Waals surface area contributed by atoms with Gasteiger partial charge < -0.3 is 10.6 Å². The Kier molecular flexibility index (Phi) is 7.19. The molecule has 0 saturated heterocycles. The topological polar surface area (TPSA) is 41.1 Å². The molecule has 1 atom stereocenters. The van der Waals surface area contributed by atoms with Gasteiger partial charge >= 0.3 is 0 Å². The Labute approximate surface area is 116 Å². The van der Waals surface area contributed by atoms with E-state index < -0.39 is 0 Å². The largest absolute Gasteiger partial charge is 0.337 e. The van der Waals surface area contributed by atoms with Gasteiger partial charge in [-0.15, -0.1) is 0 Å². The zero-order valence-electron chi connectivity index (χ0n) is 12.3. The molecule has 1 aromatic rings. The summed E-state index contributed by atoms with van der Waals surface area (Å²) < 4.78 is 0. The molecule has 0 fully saturated rings. The minimum atomic E-state index is -0.0283. The van der Waals surface area contributed by atoms with Crippen LogP contribution in [0.5, 0.6) is 0 Å². The molecule has 0 heterocycles. The number of hydrogen-bond donors (Lipinski definition) is 2. The van der Waals surface area contributed by atoms with E-state index in [9.17, 15) is 4.79 Å². The Hall–Kier alpha value is -1.35. The van der Waals surface area contributed by atoms with E-state index in [4.69, 9.17) is 0 Å². The highest BCUT2D eigenvalue weighted by molar-refractivity contribution is 5.94. The molecule has 2 N–H and O–H groups in total. The highest BCUT2D eigenvalue weighted by Crippen LogP contribution is 2.09. The van der Waals surface area contributed by atoms with Gasteiger partial charge in [0.15, 0.2) is 0 Å². The van der Waals surface area contributed by atoms with Gasteiger partial charge in [-0.3, -0.25) is 4.79 Å². The van der Waals surface area contributed by atoms with Crippen molar-refractivity contribution in [3.8, 4) is 0 Å². The fraction of sp³-hybridized carbons (Fsp3) is 0.562. The SMILES string of the molecule is CCCCCCc1ccc(C(=O)N[C@@H](C)NC)cc1. The molecule has 19 heavy (non-hydrogen) atoms. The lowest BCUT2D eigenvalue weighted by Gasteiger charge is -2.12. The van der Waals surface area contributed by atoms with E-state index in [1.807, 2.05) is 26.1 Å². The zero-order chi connectivity index (χ0) is 14.1. The average Bonchev–Trinajstić information content (AvgIpc) is 2.44. The van der Waals surface area contributed by atoms with Crippen molar-refractivity contribution in [1.29, 1.82) is 0 Å². The number of aryl methyl sites for hydroxylation is 1. The molecule has 1 amide bonds. The molecular formula is C16H26N2O. The summed E-state index contributed by atoms with van der Waals surface area (Å²) in [6, 6.07) is 7.94. The van der Waals surface area contributed by atoms with Crippen LogP contribution < -0.4 is 10.6 Å². The standard InChI is InChI=1S/C16H26N2O/c1-4-5-6-7-8-14-9-11-15(12-10-14)16(19)18-13(2)17-3/h9-13,17H,4-8H2,1-3H3,(H,18,19)/t13-/m0/s1. The molecule has 3 nitrogen and oxygen atoms in total. The van der Waals surface area contributed by atoms with Crippen molar-refractivity contribution in [2.45, 2.75) is 52.1 Å². The summed E-state index contributed by atoms with van der Waals surface area (Å²) in [5.41, 5.74) is 2.04. The van der Waals surface area contributed by atoms with E-state index >= 15 is 0 Å². The Morgan fingerprint density at radius 1 is 1.16 bits per heavy atom. The maximum Gasteiger partial charge on any atom is 0.252 e. The summed E-state index contributed by atoms with van der Waals surface area (Å²) in [6.07, 6.45) is 6.19. The molecule has 0 aliphatic rings. The van der Waals surface area contributed by atoms with E-state index in [1.165, 1.54) is 31.2 Å². The molecule has 0 spiro atoms. The normalized spacial score (nSPS) is 12.2. The molecule has 0 bridgehead atoms. The van der Waals surface area contributed by atoms with Gasteiger partial charge in [0.2, 0.25) is 0 Å². The Morgan fingerprint density at radius 3 is 2.42 bits per heavy atom. The van der Waals surface area contributed by atoms with Gasteiger partial charge in [0.1, 0.15) is 0 Å². The molecule has 1 aromatic carbocycles. The van der Waals surface area contributed by atoms with Crippen LogP contribution in [0.15, 0.2) is 24.3 Å². The van der Waals surface area contributed by atoms with Crippen molar-refractivity contribution < 1.29 is 4.79 Å². The van der Waals surface area contributed by atoms with E-state index in [0.717, 1.165) is 12.0 Å². The first kappa shape index (κ1) is 15.7. The molecule has 1 rings (SSSR count). The average molecular weight is 262 g/mol. The molecular weight excluding hydrogens is 236 g/mol. The molecule has 0 saturated carbocycles. The first-order valence-corrected chi connectivity index (χ1v) is 7.24. The first-order valence-electron chi connectivity index (χ1n) is 7.24. The summed E-state index contributed by atoms with van der Waals surface area (Å²) in [4.78, 5) is 11.9. The van der Waals surface area contributed by atoms with Crippen molar-refractivity contribution in [3.63, 3.8) is 0 Å². The maximum atomic E-state index is 11.9. The monoisotopic (exact) mass is 262 g/mol. The van der Waals surface area contributed by atoms with Crippen molar-refractivity contribution in [2.24, 2.45) is 0 Å². The predicted molar refractivity (Wildman–Crippen MR) is 80.3 cm³/mol. The lowest BCUT2D eigenvalue weighted by atomic mass is 10.0. The summed E-state index contributed by atoms with van der Waals surface area (Å²) in [5, 5.41) is 5.86. The van der Waals surface area contributed by atoms with Crippen molar-refractivity contribution in [2.75, 3.05) is 7.05 Å². The fourth-order valence-corrected chi connectivity index (χ4v) is 1.93. The van der Waals surface area contributed by atoms with Crippen LogP contribution in [0.2, 0.25) is 0 Å². The molecule has 106 valence electrons. The number of unbranched alkanes of at least 4 members (excludes halogenated alkanes) is 3. The van der Waals surface area contributed by atoms with Gasteiger partial charge in [0.05, 0.1) is 6.17 Å². The minimum absolute atomic E-state index is 0.0128. The second kappa shape index (κ2) is 8.70. The minimum Gasteiger partial charge on any atom is -0.337 e. The summed E-state index contributed by atoms with van der Waals surface area (Å²) in [5.74, 6) is -0.0283. The molecule has 0 aliphatic carbocycles. The van der Waals surface area contributed by atoms with E-state index in [-0.39, 0.29) is 12.1 Å². The van der Waals surface area contributed by atoms with Gasteiger partial charge in [-0.05, 0) is 44.5 Å². The third-order valence-corrected chi connectivity index (χ3v) is 3.32. The zero-order valence-corrected chi connectivity index (χ0v) is 12.3. The number of carbonyl (C=O) groups excluding carboxylic acids is 1. The van der Waals surface area contributed by atoms with Crippen LogP contribution in [0.3, 0.4) is 0 Å². The second-order valence-electron chi connectivity index (χ2n) is 4.99. The van der Waals surface area contributed by atoms with Gasteiger partial charge in [-0.25, -0.2) is 0 Å². The number of amides is 1. The summed E-state index contributed by atoms with van der Waals surface area (Å²) in [7, 11) is 1.82. The fourth-order valence-electron chi connectivity index (χ4n) is 1.93. The van der Waals surface area contributed by atoms with Crippen molar-refractivity contribution in [1.82, 2.24) is 10.6 Å². The number of rotatable bonds is 8. The van der Waals surface area contributed by atoms with Crippen LogP contribution >= 0.6 is 0 Å². The van der Waals surface area contributed by atoms with Gasteiger partial charge in [0.25, 0.3) is 5.91 Å². The van der Waals surface area contributed by atoms with Gasteiger partial charge in [0, 0.05) is 5.56 Å². The Balaban J connectivity index is 2.44. The third kappa shape index (κ3) is 5.88. The predicted octanol–water partition coefficient (Wildman–Crippen LogP) is 3.10. The first-order chi connectivity index (χ1) is 9.17. The summed E-state index contributed by atoms with van der Waals surface area (Å²) >= 11 is 0. The molecule has 3 heteroatoms. The maximum absolute atomic E-state index is 11.9. The van der Waals surface area contributed by atoms with Gasteiger partial charge in [-0.1, -0.05) is 38.3 Å². The van der Waals surface area contributed by atoms with E-state index in [0.29, 0.717) is 0 Å². The Morgan fingerprint density at radius 2 is 1.84 bits per heavy atom. The van der Waals surface area contributed by atoms with Crippen LogP contribution in [-0.2, 0) is 6.42 Å². The van der Waals surface area contributed by atoms with Crippen LogP contribution in [0.25, 0.3) is 0 Å². The quantitative estimate of drug-likeness (QED) is 0.558. The van der Waals surface area contributed by atoms with E-state index in [1.54, 1.807) is 0 Å². The third-order valence-electron chi connectivity index (χ3n) is 3.32. The van der Waals surface area contributed by atoms with Crippen molar-refractivity contribution in [3.05, 3.63) is 35.4 Å². The summed E-state index contributed by atoms with van der Waals surface area (Å²) in [6.45, 7) is 4.14. The lowest BCUT2D eigenvalue weighted by molar-refractivity contribution is 0.0935. The van der Waals surface area contributed by atoms with Gasteiger partial charge in [-0.2, -0.15) is 0 Å². The highest BCUT2D eigenvalue weighted by Gasteiger charge is 2.07. The second-order valence-corrected chi connectivity index (χ2v) is 4.99. The molecule has 0 aliphatic heterocycles.